The fourth-order valence-electron chi connectivity index (χ4n) is 2.39. The molecular formula is C14H18N2O3. The van der Waals surface area contributed by atoms with Gasteiger partial charge in [0.05, 0.1) is 5.92 Å². The lowest BCUT2D eigenvalue weighted by atomic mass is 9.98. The van der Waals surface area contributed by atoms with Crippen LogP contribution in [0.3, 0.4) is 0 Å². The number of hydrogen-bond acceptors (Lipinski definition) is 3. The summed E-state index contributed by atoms with van der Waals surface area (Å²) in [6.45, 7) is 2.90. The molecule has 1 aromatic heterocycles. The molecule has 0 aromatic carbocycles. The Morgan fingerprint density at radius 1 is 1.47 bits per heavy atom. The summed E-state index contributed by atoms with van der Waals surface area (Å²) in [6, 6.07) is 3.81. The Hall–Kier alpha value is -1.91. The molecule has 0 saturated carbocycles. The third-order valence-electron chi connectivity index (χ3n) is 3.65. The molecule has 2 heterocycles. The van der Waals surface area contributed by atoms with Crippen molar-refractivity contribution in [2.24, 2.45) is 5.92 Å². The first-order chi connectivity index (χ1) is 9.08. The second kappa shape index (κ2) is 5.82. The van der Waals surface area contributed by atoms with Crippen LogP contribution >= 0.6 is 0 Å². The number of nitrogens with zero attached hydrogens (tertiary/aromatic N) is 2. The lowest BCUT2D eigenvalue weighted by Crippen LogP contribution is -2.30. The van der Waals surface area contributed by atoms with Crippen LogP contribution in [0.2, 0.25) is 0 Å². The van der Waals surface area contributed by atoms with Crippen molar-refractivity contribution in [3.8, 4) is 0 Å². The minimum Gasteiger partial charge on any atom is -0.481 e. The van der Waals surface area contributed by atoms with E-state index in [1.807, 2.05) is 19.1 Å². The van der Waals surface area contributed by atoms with Crippen molar-refractivity contribution in [1.29, 1.82) is 0 Å². The van der Waals surface area contributed by atoms with Crippen molar-refractivity contribution in [2.75, 3.05) is 13.1 Å². The van der Waals surface area contributed by atoms with E-state index in [1.165, 1.54) is 0 Å². The van der Waals surface area contributed by atoms with Crippen molar-refractivity contribution in [3.05, 3.63) is 30.1 Å². The van der Waals surface area contributed by atoms with Crippen LogP contribution in [-0.2, 0) is 9.59 Å². The number of hydrogen-bond donors (Lipinski definition) is 1. The van der Waals surface area contributed by atoms with Crippen LogP contribution in [0.15, 0.2) is 24.5 Å². The molecule has 0 radical (unpaired) electrons. The molecule has 102 valence electrons. The number of carboxylic acids is 1. The lowest BCUT2D eigenvalue weighted by Gasteiger charge is -2.18. The van der Waals surface area contributed by atoms with Crippen LogP contribution in [0.5, 0.6) is 0 Å². The molecule has 1 fully saturated rings. The molecule has 0 unspecified atom stereocenters. The number of rotatable bonds is 4. The summed E-state index contributed by atoms with van der Waals surface area (Å²) in [7, 11) is 0. The van der Waals surface area contributed by atoms with E-state index in [1.54, 1.807) is 17.3 Å². The Bertz CT molecular complexity index is 461. The molecular weight excluding hydrogens is 244 g/mol. The number of aromatic nitrogens is 1. The Morgan fingerprint density at radius 3 is 2.74 bits per heavy atom. The quantitative estimate of drug-likeness (QED) is 0.892. The summed E-state index contributed by atoms with van der Waals surface area (Å²) >= 11 is 0. The SMILES string of the molecule is C[C@@H](CC(=O)N1CC[C@H](C(=O)O)C1)c1ccncc1. The Labute approximate surface area is 112 Å². The molecule has 0 bridgehead atoms. The second-order valence-electron chi connectivity index (χ2n) is 5.05. The molecule has 1 amide bonds. The summed E-state index contributed by atoms with van der Waals surface area (Å²) in [5.74, 6) is -1.05. The van der Waals surface area contributed by atoms with Crippen LogP contribution in [0.1, 0.15) is 31.2 Å². The predicted octanol–water partition coefficient (Wildman–Crippen LogP) is 1.51. The summed E-state index contributed by atoms with van der Waals surface area (Å²) in [5.41, 5.74) is 1.08. The van der Waals surface area contributed by atoms with E-state index < -0.39 is 11.9 Å². The van der Waals surface area contributed by atoms with Crippen molar-refractivity contribution in [3.63, 3.8) is 0 Å². The van der Waals surface area contributed by atoms with Crippen LogP contribution in [0, 0.1) is 5.92 Å². The molecule has 0 aliphatic carbocycles. The van der Waals surface area contributed by atoms with Gasteiger partial charge in [-0.3, -0.25) is 14.6 Å². The summed E-state index contributed by atoms with van der Waals surface area (Å²) < 4.78 is 0. The maximum Gasteiger partial charge on any atom is 0.308 e. The second-order valence-corrected chi connectivity index (χ2v) is 5.05. The molecule has 2 rings (SSSR count). The highest BCUT2D eigenvalue weighted by Crippen LogP contribution is 2.22. The van der Waals surface area contributed by atoms with Gasteiger partial charge in [0.25, 0.3) is 0 Å². The maximum atomic E-state index is 12.1. The number of likely N-dealkylation sites (tertiary alicyclic amines) is 1. The number of carbonyl (C=O) groups is 2. The fourth-order valence-corrected chi connectivity index (χ4v) is 2.39. The van der Waals surface area contributed by atoms with Gasteiger partial charge in [-0.1, -0.05) is 6.92 Å². The molecule has 1 aliphatic heterocycles. The van der Waals surface area contributed by atoms with Crippen LogP contribution in [0.25, 0.3) is 0 Å². The van der Waals surface area contributed by atoms with Crippen LogP contribution < -0.4 is 0 Å². The van der Waals surface area contributed by atoms with Crippen molar-refractivity contribution < 1.29 is 14.7 Å². The number of aliphatic carboxylic acids is 1. The zero-order valence-corrected chi connectivity index (χ0v) is 11.0. The molecule has 5 heteroatoms. The molecule has 1 aromatic rings. The highest BCUT2D eigenvalue weighted by Gasteiger charge is 2.31. The van der Waals surface area contributed by atoms with Crippen LogP contribution in [-0.4, -0.2) is 40.0 Å². The van der Waals surface area contributed by atoms with Crippen molar-refractivity contribution >= 4 is 11.9 Å². The van der Waals surface area contributed by atoms with E-state index in [0.717, 1.165) is 5.56 Å². The Morgan fingerprint density at radius 2 is 2.16 bits per heavy atom. The molecule has 1 saturated heterocycles. The van der Waals surface area contributed by atoms with Gasteiger partial charge in [0.2, 0.25) is 5.91 Å². The minimum absolute atomic E-state index is 0.0352. The predicted molar refractivity (Wildman–Crippen MR) is 69.6 cm³/mol. The third kappa shape index (κ3) is 3.30. The summed E-state index contributed by atoms with van der Waals surface area (Å²) in [4.78, 5) is 28.6. The molecule has 5 nitrogen and oxygen atoms in total. The van der Waals surface area contributed by atoms with Crippen molar-refractivity contribution in [1.82, 2.24) is 9.88 Å². The highest BCUT2D eigenvalue weighted by atomic mass is 16.4. The largest absolute Gasteiger partial charge is 0.481 e. The summed E-state index contributed by atoms with van der Waals surface area (Å²) in [5, 5.41) is 8.93. The van der Waals surface area contributed by atoms with Gasteiger partial charge in [0.15, 0.2) is 0 Å². The number of carboxylic acid groups (broad SMARTS) is 1. The minimum atomic E-state index is -0.808. The number of pyridine rings is 1. The van der Waals surface area contributed by atoms with Crippen molar-refractivity contribution in [2.45, 2.75) is 25.7 Å². The van der Waals surface area contributed by atoms with E-state index in [9.17, 15) is 9.59 Å². The monoisotopic (exact) mass is 262 g/mol. The van der Waals surface area contributed by atoms with E-state index in [0.29, 0.717) is 25.9 Å². The van der Waals surface area contributed by atoms with Gasteiger partial charge in [-0.25, -0.2) is 0 Å². The fraction of sp³-hybridized carbons (Fsp3) is 0.500. The molecule has 19 heavy (non-hydrogen) atoms. The van der Waals surface area contributed by atoms with Crippen LogP contribution in [0.4, 0.5) is 0 Å². The van der Waals surface area contributed by atoms with E-state index in [2.05, 4.69) is 4.98 Å². The zero-order chi connectivity index (χ0) is 13.8. The smallest absolute Gasteiger partial charge is 0.308 e. The Kier molecular flexibility index (Phi) is 4.14. The highest BCUT2D eigenvalue weighted by molar-refractivity contribution is 5.79. The van der Waals surface area contributed by atoms with Gasteiger partial charge in [0.1, 0.15) is 0 Å². The van der Waals surface area contributed by atoms with E-state index in [4.69, 9.17) is 5.11 Å². The molecule has 0 spiro atoms. The third-order valence-corrected chi connectivity index (χ3v) is 3.65. The van der Waals surface area contributed by atoms with Gasteiger partial charge in [-0.15, -0.1) is 0 Å². The van der Waals surface area contributed by atoms with Gasteiger partial charge >= 0.3 is 5.97 Å². The normalized spacial score (nSPS) is 20.3. The van der Waals surface area contributed by atoms with Gasteiger partial charge < -0.3 is 10.0 Å². The number of carbonyl (C=O) groups excluding carboxylic acids is 1. The first-order valence-corrected chi connectivity index (χ1v) is 6.48. The van der Waals surface area contributed by atoms with Gasteiger partial charge in [-0.05, 0) is 30.0 Å². The average Bonchev–Trinajstić information content (AvgIpc) is 2.89. The average molecular weight is 262 g/mol. The molecule has 1 N–H and O–H groups in total. The lowest BCUT2D eigenvalue weighted by molar-refractivity contribution is -0.141. The van der Waals surface area contributed by atoms with Gasteiger partial charge in [0, 0.05) is 31.9 Å². The zero-order valence-electron chi connectivity index (χ0n) is 11.0. The number of amides is 1. The van der Waals surface area contributed by atoms with Gasteiger partial charge in [-0.2, -0.15) is 0 Å². The molecule has 2 atom stereocenters. The first-order valence-electron chi connectivity index (χ1n) is 6.48. The Balaban J connectivity index is 1.90. The molecule has 1 aliphatic rings. The van der Waals surface area contributed by atoms with E-state index >= 15 is 0 Å². The first kappa shape index (κ1) is 13.5. The topological polar surface area (TPSA) is 70.5 Å². The maximum absolute atomic E-state index is 12.1. The van der Waals surface area contributed by atoms with E-state index in [-0.39, 0.29) is 11.8 Å². The standard InChI is InChI=1S/C14H18N2O3/c1-10(11-2-5-15-6-3-11)8-13(17)16-7-4-12(9-16)14(18)19/h2-3,5-6,10,12H,4,7-9H2,1H3,(H,18,19)/t10-,12-/m0/s1. The summed E-state index contributed by atoms with van der Waals surface area (Å²) in [6.07, 6.45) is 4.40.